The third-order valence-electron chi connectivity index (χ3n) is 3.11. The first-order chi connectivity index (χ1) is 9.91. The molecule has 3 rings (SSSR count). The first-order valence-corrected chi connectivity index (χ1v) is 6.58. The van der Waals surface area contributed by atoms with E-state index in [0.717, 1.165) is 16.1 Å². The second kappa shape index (κ2) is 4.59. The van der Waals surface area contributed by atoms with Gasteiger partial charge in [-0.25, -0.2) is 0 Å². The van der Waals surface area contributed by atoms with Crippen LogP contribution in [0, 0.1) is 11.3 Å². The lowest BCUT2D eigenvalue weighted by atomic mass is 10.3. The molecule has 7 nitrogen and oxygen atoms in total. The quantitative estimate of drug-likeness (QED) is 0.850. The number of halogens is 3. The standard InChI is InChI=1S/C10H8F3N7S/c11-10(12,13)9-17-16-6-4-19(1-2-20(6)9)8-5(3-14)7(15)18-21-8/h1-2,4H2,(H2,15,18). The Morgan fingerprint density at radius 3 is 2.71 bits per heavy atom. The Bertz CT molecular complexity index is 726. The first kappa shape index (κ1) is 13.6. The summed E-state index contributed by atoms with van der Waals surface area (Å²) in [5.74, 6) is -0.675. The molecule has 0 fully saturated rings. The van der Waals surface area contributed by atoms with Gasteiger partial charge in [-0.3, -0.25) is 0 Å². The van der Waals surface area contributed by atoms with Gasteiger partial charge in [-0.2, -0.15) is 22.8 Å². The van der Waals surface area contributed by atoms with Gasteiger partial charge in [-0.1, -0.05) is 0 Å². The van der Waals surface area contributed by atoms with E-state index in [1.54, 1.807) is 4.90 Å². The number of hydrogen-bond donors (Lipinski definition) is 1. The maximum Gasteiger partial charge on any atom is 0.451 e. The minimum atomic E-state index is -4.53. The van der Waals surface area contributed by atoms with Crippen LogP contribution in [0.25, 0.3) is 0 Å². The summed E-state index contributed by atoms with van der Waals surface area (Å²) in [6.45, 7) is 0.504. The third-order valence-corrected chi connectivity index (χ3v) is 4.03. The molecule has 2 aromatic rings. The van der Waals surface area contributed by atoms with E-state index in [1.807, 2.05) is 6.07 Å². The Morgan fingerprint density at radius 1 is 1.29 bits per heavy atom. The van der Waals surface area contributed by atoms with Crippen LogP contribution in [-0.4, -0.2) is 25.7 Å². The molecule has 2 N–H and O–H groups in total. The molecule has 2 aromatic heterocycles. The highest BCUT2D eigenvalue weighted by molar-refractivity contribution is 7.10. The summed E-state index contributed by atoms with van der Waals surface area (Å²) in [4.78, 5) is 1.73. The van der Waals surface area contributed by atoms with Crippen molar-refractivity contribution in [3.05, 3.63) is 17.2 Å². The number of nitrogen functional groups attached to an aromatic ring is 1. The van der Waals surface area contributed by atoms with Crippen molar-refractivity contribution >= 4 is 22.4 Å². The highest BCUT2D eigenvalue weighted by Gasteiger charge is 2.39. The van der Waals surface area contributed by atoms with Crippen molar-refractivity contribution < 1.29 is 13.2 Å². The molecule has 0 saturated heterocycles. The molecule has 0 saturated carbocycles. The Kier molecular flexibility index (Phi) is 2.98. The Balaban J connectivity index is 1.93. The Morgan fingerprint density at radius 2 is 2.05 bits per heavy atom. The zero-order chi connectivity index (χ0) is 15.2. The smallest absolute Gasteiger partial charge is 0.382 e. The zero-order valence-electron chi connectivity index (χ0n) is 10.4. The van der Waals surface area contributed by atoms with Gasteiger partial charge in [-0.05, 0) is 11.5 Å². The molecule has 0 bridgehead atoms. The summed E-state index contributed by atoms with van der Waals surface area (Å²) in [5.41, 5.74) is 5.82. The van der Waals surface area contributed by atoms with Crippen molar-refractivity contribution in [2.45, 2.75) is 19.3 Å². The molecule has 0 unspecified atom stereocenters. The number of nitriles is 1. The van der Waals surface area contributed by atoms with Crippen LogP contribution < -0.4 is 10.6 Å². The van der Waals surface area contributed by atoms with Crippen LogP contribution in [0.3, 0.4) is 0 Å². The van der Waals surface area contributed by atoms with Gasteiger partial charge in [0.05, 0.1) is 6.54 Å². The minimum Gasteiger partial charge on any atom is -0.382 e. The van der Waals surface area contributed by atoms with Crippen LogP contribution in [0.5, 0.6) is 0 Å². The number of fused-ring (bicyclic) bond motifs is 1. The topological polar surface area (TPSA) is 96.7 Å². The second-order valence-electron chi connectivity index (χ2n) is 4.37. The number of aromatic nitrogens is 4. The van der Waals surface area contributed by atoms with Crippen LogP contribution in [0.1, 0.15) is 17.2 Å². The van der Waals surface area contributed by atoms with Crippen molar-refractivity contribution in [2.75, 3.05) is 17.2 Å². The van der Waals surface area contributed by atoms with E-state index >= 15 is 0 Å². The summed E-state index contributed by atoms with van der Waals surface area (Å²) in [5, 5.41) is 16.4. The summed E-state index contributed by atoms with van der Waals surface area (Å²) >= 11 is 1.04. The van der Waals surface area contributed by atoms with Gasteiger partial charge in [-0.15, -0.1) is 10.2 Å². The lowest BCUT2D eigenvalue weighted by Crippen LogP contribution is -2.35. The lowest BCUT2D eigenvalue weighted by molar-refractivity contribution is -0.147. The first-order valence-electron chi connectivity index (χ1n) is 5.81. The number of hydrogen-bond acceptors (Lipinski definition) is 7. The van der Waals surface area contributed by atoms with Crippen molar-refractivity contribution in [1.29, 1.82) is 5.26 Å². The molecule has 0 amide bonds. The van der Waals surface area contributed by atoms with E-state index in [4.69, 9.17) is 11.0 Å². The summed E-state index contributed by atoms with van der Waals surface area (Å²) in [6.07, 6.45) is -4.53. The van der Waals surface area contributed by atoms with Gasteiger partial charge in [0, 0.05) is 13.1 Å². The number of nitrogens with zero attached hydrogens (tertiary/aromatic N) is 6. The normalized spacial score (nSPS) is 14.9. The molecule has 0 spiro atoms. The van der Waals surface area contributed by atoms with Crippen LogP contribution in [0.15, 0.2) is 0 Å². The third kappa shape index (κ3) is 2.17. The molecule has 1 aliphatic rings. The number of nitrogens with two attached hydrogens (primary N) is 1. The van der Waals surface area contributed by atoms with Gasteiger partial charge in [0.25, 0.3) is 0 Å². The average Bonchev–Trinajstić information content (AvgIpc) is 3.00. The highest BCUT2D eigenvalue weighted by atomic mass is 32.1. The van der Waals surface area contributed by atoms with Crippen LogP contribution in [-0.2, 0) is 19.3 Å². The van der Waals surface area contributed by atoms with E-state index in [1.165, 1.54) is 0 Å². The molecule has 0 radical (unpaired) electrons. The fraction of sp³-hybridized carbons (Fsp3) is 0.400. The summed E-state index contributed by atoms with van der Waals surface area (Å²) < 4.78 is 43.2. The summed E-state index contributed by atoms with van der Waals surface area (Å²) in [6, 6.07) is 1.95. The molecule has 3 heterocycles. The fourth-order valence-corrected chi connectivity index (χ4v) is 2.94. The molecule has 0 aromatic carbocycles. The van der Waals surface area contributed by atoms with Crippen molar-refractivity contribution in [2.24, 2.45) is 0 Å². The maximum absolute atomic E-state index is 12.7. The largest absolute Gasteiger partial charge is 0.451 e. The predicted molar refractivity (Wildman–Crippen MR) is 67.3 cm³/mol. The number of rotatable bonds is 1. The van der Waals surface area contributed by atoms with Crippen LogP contribution >= 0.6 is 11.5 Å². The van der Waals surface area contributed by atoms with Gasteiger partial charge < -0.3 is 15.2 Å². The lowest BCUT2D eigenvalue weighted by Gasteiger charge is -2.28. The molecule has 11 heteroatoms. The van der Waals surface area contributed by atoms with Gasteiger partial charge in [0.15, 0.2) is 11.6 Å². The molecule has 0 aliphatic carbocycles. The fourth-order valence-electron chi connectivity index (χ4n) is 2.15. The minimum absolute atomic E-state index is 0.0832. The van der Waals surface area contributed by atoms with Gasteiger partial charge in [0.2, 0.25) is 5.82 Å². The molecular formula is C10H8F3N7S. The number of anilines is 2. The number of alkyl halides is 3. The van der Waals surface area contributed by atoms with Crippen LogP contribution in [0.2, 0.25) is 0 Å². The van der Waals surface area contributed by atoms with E-state index in [9.17, 15) is 13.2 Å². The van der Waals surface area contributed by atoms with E-state index < -0.39 is 12.0 Å². The Labute approximate surface area is 120 Å². The van der Waals surface area contributed by atoms with E-state index in [-0.39, 0.29) is 30.3 Å². The predicted octanol–water partition coefficient (Wildman–Crippen LogP) is 1.23. The monoisotopic (exact) mass is 315 g/mol. The van der Waals surface area contributed by atoms with E-state index in [0.29, 0.717) is 11.5 Å². The van der Waals surface area contributed by atoms with Gasteiger partial charge in [0.1, 0.15) is 16.6 Å². The molecule has 1 aliphatic heterocycles. The van der Waals surface area contributed by atoms with Gasteiger partial charge >= 0.3 is 6.18 Å². The van der Waals surface area contributed by atoms with Crippen molar-refractivity contribution in [1.82, 2.24) is 19.1 Å². The molecular weight excluding hydrogens is 307 g/mol. The highest BCUT2D eigenvalue weighted by Crippen LogP contribution is 2.34. The Hall–Kier alpha value is -2.35. The van der Waals surface area contributed by atoms with Crippen molar-refractivity contribution in [3.8, 4) is 6.07 Å². The summed E-state index contributed by atoms with van der Waals surface area (Å²) in [7, 11) is 0. The average molecular weight is 315 g/mol. The second-order valence-corrected chi connectivity index (χ2v) is 5.12. The zero-order valence-corrected chi connectivity index (χ0v) is 11.2. The van der Waals surface area contributed by atoms with Crippen molar-refractivity contribution in [3.63, 3.8) is 0 Å². The van der Waals surface area contributed by atoms with Crippen LogP contribution in [0.4, 0.5) is 24.0 Å². The van der Waals surface area contributed by atoms with E-state index in [2.05, 4.69) is 14.6 Å². The maximum atomic E-state index is 12.7. The molecule has 110 valence electrons. The SMILES string of the molecule is N#Cc1c(N)nsc1N1CCn2c(nnc2C(F)(F)F)C1. The molecule has 21 heavy (non-hydrogen) atoms. The molecule has 0 atom stereocenters.